The lowest BCUT2D eigenvalue weighted by Gasteiger charge is -2.15. The molecule has 0 bridgehead atoms. The predicted octanol–water partition coefficient (Wildman–Crippen LogP) is 3.25. The van der Waals surface area contributed by atoms with Gasteiger partial charge in [-0.05, 0) is 40.6 Å². The first-order chi connectivity index (χ1) is 11.3. The molecule has 0 fully saturated rings. The van der Waals surface area contributed by atoms with Gasteiger partial charge in [-0.3, -0.25) is 0 Å². The standard InChI is InChI=1S/C17H21N5O/c1-3-11-23-16-10-9-13-7-5-6-8-14(13)15(16)12-18-17-19-20-21-22(17)4-2/h5-10H,3-4,11-12H2,1-2H3,(H,18,19,21). The van der Waals surface area contributed by atoms with Crippen molar-refractivity contribution in [3.8, 4) is 5.75 Å². The number of tetrazole rings is 1. The first-order valence-electron chi connectivity index (χ1n) is 7.97. The third kappa shape index (κ3) is 3.26. The molecule has 6 heteroatoms. The van der Waals surface area contributed by atoms with Crippen LogP contribution in [0.15, 0.2) is 36.4 Å². The average molecular weight is 311 g/mol. The van der Waals surface area contributed by atoms with Crippen LogP contribution in [0.5, 0.6) is 5.75 Å². The van der Waals surface area contributed by atoms with Crippen LogP contribution in [-0.4, -0.2) is 26.8 Å². The van der Waals surface area contributed by atoms with Crippen LogP contribution in [0, 0.1) is 0 Å². The zero-order chi connectivity index (χ0) is 16.1. The molecule has 0 aliphatic carbocycles. The number of hydrogen-bond acceptors (Lipinski definition) is 5. The second-order valence-corrected chi connectivity index (χ2v) is 5.28. The number of aryl methyl sites for hydroxylation is 1. The van der Waals surface area contributed by atoms with E-state index in [9.17, 15) is 0 Å². The fourth-order valence-electron chi connectivity index (χ4n) is 2.56. The maximum absolute atomic E-state index is 5.92. The first kappa shape index (κ1) is 15.3. The molecule has 0 atom stereocenters. The summed E-state index contributed by atoms with van der Waals surface area (Å²) in [5.41, 5.74) is 1.13. The summed E-state index contributed by atoms with van der Waals surface area (Å²) in [4.78, 5) is 0. The lowest BCUT2D eigenvalue weighted by atomic mass is 10.0. The largest absolute Gasteiger partial charge is 0.493 e. The van der Waals surface area contributed by atoms with Gasteiger partial charge < -0.3 is 10.1 Å². The van der Waals surface area contributed by atoms with Gasteiger partial charge in [0.1, 0.15) is 5.75 Å². The highest BCUT2D eigenvalue weighted by atomic mass is 16.5. The van der Waals surface area contributed by atoms with Crippen LogP contribution in [0.25, 0.3) is 10.8 Å². The summed E-state index contributed by atoms with van der Waals surface area (Å²) in [7, 11) is 0. The molecular formula is C17H21N5O. The Morgan fingerprint density at radius 2 is 2.00 bits per heavy atom. The highest BCUT2D eigenvalue weighted by molar-refractivity contribution is 5.88. The van der Waals surface area contributed by atoms with Crippen molar-refractivity contribution in [2.75, 3.05) is 11.9 Å². The number of aromatic nitrogens is 4. The Balaban J connectivity index is 1.92. The Hall–Kier alpha value is -2.63. The van der Waals surface area contributed by atoms with E-state index in [4.69, 9.17) is 4.74 Å². The van der Waals surface area contributed by atoms with Gasteiger partial charge in [0.25, 0.3) is 0 Å². The van der Waals surface area contributed by atoms with E-state index in [0.717, 1.165) is 24.3 Å². The molecule has 0 aliphatic heterocycles. The minimum absolute atomic E-state index is 0.612. The van der Waals surface area contributed by atoms with Gasteiger partial charge in [0, 0.05) is 18.7 Å². The molecule has 0 unspecified atom stereocenters. The molecule has 23 heavy (non-hydrogen) atoms. The van der Waals surface area contributed by atoms with Gasteiger partial charge in [-0.1, -0.05) is 42.4 Å². The van der Waals surface area contributed by atoms with Gasteiger partial charge in [-0.15, -0.1) is 0 Å². The molecule has 1 N–H and O–H groups in total. The molecule has 1 heterocycles. The Kier molecular flexibility index (Phi) is 4.71. The van der Waals surface area contributed by atoms with Crippen molar-refractivity contribution in [2.45, 2.75) is 33.4 Å². The average Bonchev–Trinajstić information content (AvgIpc) is 3.05. The number of anilines is 1. The van der Waals surface area contributed by atoms with E-state index in [0.29, 0.717) is 19.1 Å². The molecule has 120 valence electrons. The summed E-state index contributed by atoms with van der Waals surface area (Å²) >= 11 is 0. The van der Waals surface area contributed by atoms with E-state index in [1.807, 2.05) is 25.1 Å². The third-order valence-electron chi connectivity index (χ3n) is 3.71. The van der Waals surface area contributed by atoms with Crippen LogP contribution < -0.4 is 10.1 Å². The highest BCUT2D eigenvalue weighted by Crippen LogP contribution is 2.29. The van der Waals surface area contributed by atoms with Crippen LogP contribution >= 0.6 is 0 Å². The van der Waals surface area contributed by atoms with E-state index in [-0.39, 0.29) is 0 Å². The molecule has 0 spiro atoms. The molecule has 1 aromatic heterocycles. The number of nitrogens with one attached hydrogen (secondary N) is 1. The summed E-state index contributed by atoms with van der Waals surface area (Å²) in [6.45, 7) is 6.16. The second kappa shape index (κ2) is 7.09. The molecule has 0 radical (unpaired) electrons. The van der Waals surface area contributed by atoms with Crippen molar-refractivity contribution in [3.63, 3.8) is 0 Å². The monoisotopic (exact) mass is 311 g/mol. The Morgan fingerprint density at radius 1 is 1.13 bits per heavy atom. The number of rotatable bonds is 7. The highest BCUT2D eigenvalue weighted by Gasteiger charge is 2.11. The van der Waals surface area contributed by atoms with Crippen molar-refractivity contribution in [1.29, 1.82) is 0 Å². The van der Waals surface area contributed by atoms with Crippen molar-refractivity contribution >= 4 is 16.7 Å². The minimum Gasteiger partial charge on any atom is -0.493 e. The maximum Gasteiger partial charge on any atom is 0.243 e. The summed E-state index contributed by atoms with van der Waals surface area (Å²) in [5, 5.41) is 17.4. The Labute approximate surface area is 135 Å². The van der Waals surface area contributed by atoms with Gasteiger partial charge >= 0.3 is 0 Å². The molecule has 6 nitrogen and oxygen atoms in total. The molecule has 3 rings (SSSR count). The summed E-state index contributed by atoms with van der Waals surface area (Å²) in [6.07, 6.45) is 0.980. The summed E-state index contributed by atoms with van der Waals surface area (Å²) in [5.74, 6) is 1.58. The zero-order valence-corrected chi connectivity index (χ0v) is 13.5. The SMILES string of the molecule is CCCOc1ccc2ccccc2c1CNc1nnnn1CC. The van der Waals surface area contributed by atoms with Crippen molar-refractivity contribution in [2.24, 2.45) is 0 Å². The van der Waals surface area contributed by atoms with Crippen LogP contribution in [-0.2, 0) is 13.1 Å². The van der Waals surface area contributed by atoms with Crippen LogP contribution in [0.3, 0.4) is 0 Å². The van der Waals surface area contributed by atoms with E-state index in [1.54, 1.807) is 4.68 Å². The number of fused-ring (bicyclic) bond motifs is 1. The molecule has 0 amide bonds. The van der Waals surface area contributed by atoms with Gasteiger partial charge in [-0.25, -0.2) is 4.68 Å². The minimum atomic E-state index is 0.612. The van der Waals surface area contributed by atoms with Gasteiger partial charge in [0.15, 0.2) is 0 Å². The van der Waals surface area contributed by atoms with Crippen LogP contribution in [0.2, 0.25) is 0 Å². The number of nitrogens with zero attached hydrogens (tertiary/aromatic N) is 4. The van der Waals surface area contributed by atoms with Crippen molar-refractivity contribution < 1.29 is 4.74 Å². The van der Waals surface area contributed by atoms with Crippen LogP contribution in [0.1, 0.15) is 25.8 Å². The summed E-state index contributed by atoms with van der Waals surface area (Å²) < 4.78 is 7.66. The van der Waals surface area contributed by atoms with Crippen molar-refractivity contribution in [3.05, 3.63) is 42.0 Å². The molecular weight excluding hydrogens is 290 g/mol. The number of hydrogen-bond donors (Lipinski definition) is 1. The van der Waals surface area contributed by atoms with Gasteiger partial charge in [0.2, 0.25) is 5.95 Å². The fourth-order valence-corrected chi connectivity index (χ4v) is 2.56. The van der Waals surface area contributed by atoms with E-state index >= 15 is 0 Å². The molecule has 3 aromatic rings. The third-order valence-corrected chi connectivity index (χ3v) is 3.71. The van der Waals surface area contributed by atoms with E-state index in [2.05, 4.69) is 46.0 Å². The van der Waals surface area contributed by atoms with Gasteiger partial charge in [0.05, 0.1) is 6.61 Å². The molecule has 2 aromatic carbocycles. The molecule has 0 saturated carbocycles. The Morgan fingerprint density at radius 3 is 2.83 bits per heavy atom. The normalized spacial score (nSPS) is 10.9. The second-order valence-electron chi connectivity index (χ2n) is 5.28. The zero-order valence-electron chi connectivity index (χ0n) is 13.5. The molecule has 0 aliphatic rings. The Bertz CT molecular complexity index is 784. The smallest absolute Gasteiger partial charge is 0.243 e. The van der Waals surface area contributed by atoms with Gasteiger partial charge in [-0.2, -0.15) is 0 Å². The van der Waals surface area contributed by atoms with E-state index in [1.165, 1.54) is 10.8 Å². The van der Waals surface area contributed by atoms with Crippen molar-refractivity contribution in [1.82, 2.24) is 20.2 Å². The lowest BCUT2D eigenvalue weighted by Crippen LogP contribution is -2.09. The van der Waals surface area contributed by atoms with Crippen LogP contribution in [0.4, 0.5) is 5.95 Å². The fraction of sp³-hybridized carbons (Fsp3) is 0.353. The number of benzene rings is 2. The maximum atomic E-state index is 5.92. The lowest BCUT2D eigenvalue weighted by molar-refractivity contribution is 0.315. The number of ether oxygens (including phenoxy) is 1. The quantitative estimate of drug-likeness (QED) is 0.725. The van der Waals surface area contributed by atoms with E-state index < -0.39 is 0 Å². The topological polar surface area (TPSA) is 64.9 Å². The first-order valence-corrected chi connectivity index (χ1v) is 7.97. The molecule has 0 saturated heterocycles. The summed E-state index contributed by atoms with van der Waals surface area (Å²) in [6, 6.07) is 12.5. The predicted molar refractivity (Wildman–Crippen MR) is 90.6 cm³/mol.